The number of rotatable bonds is 7. The Bertz CT molecular complexity index is 567. The molecule has 4 nitrogen and oxygen atoms in total. The molecule has 0 aromatic heterocycles. The number of aryl methyl sites for hydroxylation is 2. The third kappa shape index (κ3) is 4.58. The smallest absolute Gasteiger partial charge is 0.122 e. The molecule has 4 N–H and O–H groups in total. The summed E-state index contributed by atoms with van der Waals surface area (Å²) in [6.07, 6.45) is 5.60. The van der Waals surface area contributed by atoms with Crippen molar-refractivity contribution < 1.29 is 20.4 Å². The Balaban J connectivity index is 1.67. The van der Waals surface area contributed by atoms with Crippen LogP contribution in [0, 0.1) is 0 Å². The molecule has 0 saturated heterocycles. The van der Waals surface area contributed by atoms with Crippen LogP contribution < -0.4 is 0 Å². The van der Waals surface area contributed by atoms with E-state index in [0.717, 1.165) is 49.7 Å². The van der Waals surface area contributed by atoms with Gasteiger partial charge >= 0.3 is 0 Å². The van der Waals surface area contributed by atoms with Gasteiger partial charge < -0.3 is 20.4 Å². The first-order valence-electron chi connectivity index (χ1n) is 7.58. The van der Waals surface area contributed by atoms with Gasteiger partial charge in [-0.15, -0.1) is 0 Å². The topological polar surface area (TPSA) is 80.9 Å². The van der Waals surface area contributed by atoms with Gasteiger partial charge in [0.05, 0.1) is 0 Å². The van der Waals surface area contributed by atoms with Crippen molar-refractivity contribution in [2.24, 2.45) is 0 Å². The molecule has 118 valence electrons. The zero-order valence-electron chi connectivity index (χ0n) is 12.5. The molecule has 0 radical (unpaired) electrons. The average Bonchev–Trinajstić information content (AvgIpc) is 2.46. The lowest BCUT2D eigenvalue weighted by molar-refractivity contribution is 0.442. The lowest BCUT2D eigenvalue weighted by Crippen LogP contribution is -1.89. The predicted octanol–water partition coefficient (Wildman–Crippen LogP) is 3.85. The fraction of sp³-hybridized carbons (Fsp3) is 0.333. The normalized spacial score (nSPS) is 10.7. The molecule has 2 aromatic rings. The summed E-state index contributed by atoms with van der Waals surface area (Å²) < 4.78 is 0. The van der Waals surface area contributed by atoms with Crippen molar-refractivity contribution in [1.29, 1.82) is 0 Å². The van der Waals surface area contributed by atoms with Crippen molar-refractivity contribution in [3.8, 4) is 23.0 Å². The average molecular weight is 302 g/mol. The summed E-state index contributed by atoms with van der Waals surface area (Å²) in [5, 5.41) is 37.8. The van der Waals surface area contributed by atoms with Crippen LogP contribution in [-0.2, 0) is 12.8 Å². The van der Waals surface area contributed by atoms with Gasteiger partial charge in [0.2, 0.25) is 0 Å². The largest absolute Gasteiger partial charge is 0.508 e. The van der Waals surface area contributed by atoms with Crippen LogP contribution >= 0.6 is 0 Å². The van der Waals surface area contributed by atoms with E-state index in [-0.39, 0.29) is 23.0 Å². The molecule has 0 heterocycles. The van der Waals surface area contributed by atoms with Crippen LogP contribution in [0.4, 0.5) is 0 Å². The van der Waals surface area contributed by atoms with E-state index in [9.17, 15) is 20.4 Å². The van der Waals surface area contributed by atoms with E-state index in [1.165, 1.54) is 12.1 Å². The number of hydrogen-bond donors (Lipinski definition) is 4. The molecule has 0 fully saturated rings. The fourth-order valence-electron chi connectivity index (χ4n) is 2.51. The fourth-order valence-corrected chi connectivity index (χ4v) is 2.51. The van der Waals surface area contributed by atoms with E-state index in [2.05, 4.69) is 0 Å². The maximum atomic E-state index is 9.69. The molecule has 0 atom stereocenters. The monoisotopic (exact) mass is 302 g/mol. The minimum Gasteiger partial charge on any atom is -0.508 e. The number of hydrogen-bond acceptors (Lipinski definition) is 4. The van der Waals surface area contributed by atoms with Crippen molar-refractivity contribution in [1.82, 2.24) is 0 Å². The Labute approximate surface area is 130 Å². The number of phenolic OH excluding ortho intramolecular Hbond substituents is 4. The molecule has 0 unspecified atom stereocenters. The van der Waals surface area contributed by atoms with Crippen molar-refractivity contribution in [2.45, 2.75) is 38.5 Å². The molecule has 0 spiro atoms. The van der Waals surface area contributed by atoms with E-state index in [4.69, 9.17) is 0 Å². The van der Waals surface area contributed by atoms with Crippen LogP contribution in [0.25, 0.3) is 0 Å². The molecule has 22 heavy (non-hydrogen) atoms. The second-order valence-electron chi connectivity index (χ2n) is 5.54. The van der Waals surface area contributed by atoms with E-state index in [1.807, 2.05) is 0 Å². The first-order chi connectivity index (χ1) is 10.6. The van der Waals surface area contributed by atoms with Crippen molar-refractivity contribution in [3.05, 3.63) is 47.5 Å². The maximum absolute atomic E-state index is 9.69. The van der Waals surface area contributed by atoms with Crippen LogP contribution in [0.5, 0.6) is 23.0 Å². The lowest BCUT2D eigenvalue weighted by Gasteiger charge is -2.06. The van der Waals surface area contributed by atoms with Crippen molar-refractivity contribution in [3.63, 3.8) is 0 Å². The predicted molar refractivity (Wildman–Crippen MR) is 85.4 cm³/mol. The molecule has 2 aromatic carbocycles. The Hall–Kier alpha value is -2.36. The van der Waals surface area contributed by atoms with E-state index >= 15 is 0 Å². The van der Waals surface area contributed by atoms with Crippen LogP contribution in [-0.4, -0.2) is 20.4 Å². The quantitative estimate of drug-likeness (QED) is 0.586. The van der Waals surface area contributed by atoms with Gasteiger partial charge in [0.15, 0.2) is 0 Å². The Morgan fingerprint density at radius 2 is 0.955 bits per heavy atom. The number of phenols is 4. The lowest BCUT2D eigenvalue weighted by atomic mass is 10.0. The van der Waals surface area contributed by atoms with Gasteiger partial charge in [0.1, 0.15) is 23.0 Å². The number of aromatic hydroxyl groups is 4. The summed E-state index contributed by atoms with van der Waals surface area (Å²) in [5.74, 6) is 0.452. The third-order valence-corrected chi connectivity index (χ3v) is 3.78. The summed E-state index contributed by atoms with van der Waals surface area (Å²) in [5.41, 5.74) is 1.71. The zero-order valence-corrected chi connectivity index (χ0v) is 12.5. The minimum absolute atomic E-state index is 0.0787. The highest BCUT2D eigenvalue weighted by Gasteiger charge is 2.04. The van der Waals surface area contributed by atoms with Gasteiger partial charge in [0, 0.05) is 12.1 Å². The third-order valence-electron chi connectivity index (χ3n) is 3.78. The Kier molecular flexibility index (Phi) is 5.53. The van der Waals surface area contributed by atoms with Crippen molar-refractivity contribution in [2.75, 3.05) is 0 Å². The van der Waals surface area contributed by atoms with Crippen LogP contribution in [0.2, 0.25) is 0 Å². The maximum Gasteiger partial charge on any atom is 0.122 e. The first-order valence-corrected chi connectivity index (χ1v) is 7.58. The molecule has 0 bridgehead atoms. The van der Waals surface area contributed by atoms with Gasteiger partial charge in [-0.25, -0.2) is 0 Å². The zero-order chi connectivity index (χ0) is 15.9. The van der Waals surface area contributed by atoms with Gasteiger partial charge in [-0.05, 0) is 48.9 Å². The van der Waals surface area contributed by atoms with Crippen LogP contribution in [0.15, 0.2) is 36.4 Å². The molecule has 0 amide bonds. The Morgan fingerprint density at radius 3 is 1.32 bits per heavy atom. The molecule has 4 heteroatoms. The van der Waals surface area contributed by atoms with Crippen molar-refractivity contribution >= 4 is 0 Å². The highest BCUT2D eigenvalue weighted by atomic mass is 16.3. The molecule has 0 saturated carbocycles. The second-order valence-corrected chi connectivity index (χ2v) is 5.54. The molecular weight excluding hydrogens is 280 g/mol. The SMILES string of the molecule is Oc1ccc(CCCCCCc2ccc(O)cc2O)c(O)c1. The molecular formula is C18H22O4. The Morgan fingerprint density at radius 1 is 0.545 bits per heavy atom. The van der Waals surface area contributed by atoms with Gasteiger partial charge in [0.25, 0.3) is 0 Å². The minimum atomic E-state index is 0.0787. The summed E-state index contributed by atoms with van der Waals surface area (Å²) >= 11 is 0. The standard InChI is InChI=1S/C18H22O4/c19-15-9-7-13(17(21)11-15)5-3-1-2-4-6-14-8-10-16(20)12-18(14)22/h7-12,19-22H,1-6H2. The van der Waals surface area contributed by atoms with Crippen LogP contribution in [0.3, 0.4) is 0 Å². The van der Waals surface area contributed by atoms with E-state index in [0.29, 0.717) is 0 Å². The molecule has 0 aliphatic carbocycles. The summed E-state index contributed by atoms with van der Waals surface area (Å²) in [4.78, 5) is 0. The number of unbranched alkanes of at least 4 members (excludes halogenated alkanes) is 3. The molecule has 2 rings (SSSR count). The van der Waals surface area contributed by atoms with E-state index < -0.39 is 0 Å². The highest BCUT2D eigenvalue weighted by molar-refractivity contribution is 5.39. The highest BCUT2D eigenvalue weighted by Crippen LogP contribution is 2.26. The summed E-state index contributed by atoms with van der Waals surface area (Å²) in [6.45, 7) is 0. The molecule has 0 aliphatic heterocycles. The summed E-state index contributed by atoms with van der Waals surface area (Å²) in [6, 6.07) is 9.40. The van der Waals surface area contributed by atoms with E-state index in [1.54, 1.807) is 24.3 Å². The molecule has 0 aliphatic rings. The number of benzene rings is 2. The summed E-state index contributed by atoms with van der Waals surface area (Å²) in [7, 11) is 0. The second kappa shape index (κ2) is 7.59. The van der Waals surface area contributed by atoms with Gasteiger partial charge in [-0.2, -0.15) is 0 Å². The first kappa shape index (κ1) is 16.0. The van der Waals surface area contributed by atoms with Gasteiger partial charge in [-0.3, -0.25) is 0 Å². The van der Waals surface area contributed by atoms with Crippen LogP contribution in [0.1, 0.15) is 36.8 Å². The van der Waals surface area contributed by atoms with Gasteiger partial charge in [-0.1, -0.05) is 25.0 Å².